The van der Waals surface area contributed by atoms with Gasteiger partial charge in [0, 0.05) is 13.2 Å². The summed E-state index contributed by atoms with van der Waals surface area (Å²) in [6, 6.07) is 0. The maximum atomic E-state index is 11.7. The predicted molar refractivity (Wildman–Crippen MR) is 93.3 cm³/mol. The second kappa shape index (κ2) is 6.79. The molecular formula is C15H18N8O5. The van der Waals surface area contributed by atoms with E-state index in [9.17, 15) is 20.1 Å². The van der Waals surface area contributed by atoms with E-state index in [-0.39, 0.29) is 28.8 Å². The zero-order chi connectivity index (χ0) is 20.0. The summed E-state index contributed by atoms with van der Waals surface area (Å²) in [6.07, 6.45) is -0.418. The minimum atomic E-state index is -1.31. The van der Waals surface area contributed by atoms with Crippen LogP contribution in [-0.4, -0.2) is 82.5 Å². The molecule has 0 unspecified atom stereocenters. The van der Waals surface area contributed by atoms with Crippen LogP contribution < -0.4 is 11.1 Å². The van der Waals surface area contributed by atoms with Gasteiger partial charge in [-0.15, -0.1) is 0 Å². The number of nitrogens with one attached hydrogen (secondary N) is 1. The fraction of sp³-hybridized carbons (Fsp3) is 0.400. The van der Waals surface area contributed by atoms with Gasteiger partial charge in [0.15, 0.2) is 17.7 Å². The lowest BCUT2D eigenvalue weighted by Crippen LogP contribution is -2.33. The number of hydrogen-bond acceptors (Lipinski definition) is 10. The molecule has 0 spiro atoms. The summed E-state index contributed by atoms with van der Waals surface area (Å²) in [5.41, 5.74) is 6.78. The highest BCUT2D eigenvalue weighted by Gasteiger charge is 2.44. The lowest BCUT2D eigenvalue weighted by molar-refractivity contribution is -0.0511. The van der Waals surface area contributed by atoms with Crippen molar-refractivity contribution in [1.82, 2.24) is 34.6 Å². The van der Waals surface area contributed by atoms with E-state index in [0.717, 1.165) is 0 Å². The fourth-order valence-electron chi connectivity index (χ4n) is 3.02. The van der Waals surface area contributed by atoms with E-state index in [1.54, 1.807) is 0 Å². The van der Waals surface area contributed by atoms with Crippen molar-refractivity contribution in [3.8, 4) is 5.95 Å². The van der Waals surface area contributed by atoms with Crippen molar-refractivity contribution in [3.05, 3.63) is 24.3 Å². The molecule has 3 aromatic rings. The highest BCUT2D eigenvalue weighted by atomic mass is 16.6. The summed E-state index contributed by atoms with van der Waals surface area (Å²) in [4.78, 5) is 24.4. The van der Waals surface area contributed by atoms with Crippen LogP contribution in [0.3, 0.4) is 0 Å². The zero-order valence-corrected chi connectivity index (χ0v) is 14.7. The predicted octanol–water partition coefficient (Wildman–Crippen LogP) is -2.43. The summed E-state index contributed by atoms with van der Waals surface area (Å²) in [7, 11) is 1.50. The lowest BCUT2D eigenvalue weighted by atomic mass is 10.1. The number of rotatable bonds is 4. The van der Waals surface area contributed by atoms with Gasteiger partial charge < -0.3 is 31.1 Å². The van der Waals surface area contributed by atoms with Crippen molar-refractivity contribution in [2.75, 3.05) is 19.4 Å². The Kier molecular flexibility index (Phi) is 4.43. The summed E-state index contributed by atoms with van der Waals surface area (Å²) in [5, 5.41) is 36.1. The molecule has 1 fully saturated rings. The molecule has 3 aromatic heterocycles. The summed E-state index contributed by atoms with van der Waals surface area (Å²) in [5.74, 6) is -0.187. The molecule has 0 bridgehead atoms. The molecule has 13 nitrogen and oxygen atoms in total. The van der Waals surface area contributed by atoms with Crippen LogP contribution in [0.15, 0.2) is 18.7 Å². The molecule has 4 rings (SSSR count). The van der Waals surface area contributed by atoms with Crippen molar-refractivity contribution < 1.29 is 24.9 Å². The zero-order valence-electron chi connectivity index (χ0n) is 14.7. The Morgan fingerprint density at radius 2 is 2.14 bits per heavy atom. The third-order valence-corrected chi connectivity index (χ3v) is 4.50. The van der Waals surface area contributed by atoms with Crippen molar-refractivity contribution in [3.63, 3.8) is 0 Å². The van der Waals surface area contributed by atoms with Crippen molar-refractivity contribution >= 4 is 22.9 Å². The van der Waals surface area contributed by atoms with Crippen LogP contribution in [0.2, 0.25) is 0 Å². The highest BCUT2D eigenvalue weighted by Crippen LogP contribution is 2.32. The number of carbonyl (C=O) groups is 1. The Bertz CT molecular complexity index is 1030. The van der Waals surface area contributed by atoms with E-state index in [4.69, 9.17) is 10.5 Å². The van der Waals surface area contributed by atoms with Gasteiger partial charge in [-0.3, -0.25) is 9.36 Å². The topological polar surface area (TPSA) is 186 Å². The van der Waals surface area contributed by atoms with Gasteiger partial charge in [-0.2, -0.15) is 15.1 Å². The number of imidazole rings is 1. The normalized spacial score (nSPS) is 24.7. The Labute approximate surface area is 157 Å². The maximum Gasteiger partial charge on any atom is 0.254 e. The molecule has 1 aliphatic rings. The maximum absolute atomic E-state index is 11.7. The second-order valence-corrected chi connectivity index (χ2v) is 6.21. The van der Waals surface area contributed by atoms with Gasteiger partial charge in [-0.25, -0.2) is 9.67 Å². The molecule has 0 aromatic carbocycles. The number of fused-ring (bicyclic) bond motifs is 1. The molecular weight excluding hydrogens is 372 g/mol. The molecule has 28 heavy (non-hydrogen) atoms. The van der Waals surface area contributed by atoms with Crippen LogP contribution in [-0.2, 0) is 4.74 Å². The van der Waals surface area contributed by atoms with Gasteiger partial charge in [0.25, 0.3) is 11.9 Å². The van der Waals surface area contributed by atoms with Crippen LogP contribution in [0.25, 0.3) is 17.1 Å². The van der Waals surface area contributed by atoms with Crippen LogP contribution in [0.4, 0.5) is 5.82 Å². The molecule has 6 N–H and O–H groups in total. The van der Waals surface area contributed by atoms with Gasteiger partial charge in [-0.05, 0) is 0 Å². The number of nitrogen functional groups attached to an aromatic ring is 1. The van der Waals surface area contributed by atoms with Gasteiger partial charge >= 0.3 is 0 Å². The quantitative estimate of drug-likeness (QED) is 0.320. The van der Waals surface area contributed by atoms with Crippen LogP contribution in [0, 0.1) is 0 Å². The van der Waals surface area contributed by atoms with Gasteiger partial charge in [-0.1, -0.05) is 0 Å². The van der Waals surface area contributed by atoms with Crippen LogP contribution in [0.5, 0.6) is 0 Å². The minimum Gasteiger partial charge on any atom is -0.394 e. The lowest BCUT2D eigenvalue weighted by Gasteiger charge is -2.16. The van der Waals surface area contributed by atoms with E-state index < -0.39 is 31.1 Å². The largest absolute Gasteiger partial charge is 0.394 e. The standard InChI is InChI=1S/C15H18N8O5/c1-17-13(27)6-2-19-23(3-6)15-20-11(16)8-12(21-15)22(5-18-8)14-10(26)9(25)7(4-24)28-14/h2-3,5,7,9-10,14,24-26H,4H2,1H3,(H,17,27)(H2,16,20,21)/t7-,9-,10-,14+/m0/s1. The first kappa shape index (κ1) is 18.2. The molecule has 0 radical (unpaired) electrons. The summed E-state index contributed by atoms with van der Waals surface area (Å²) < 4.78 is 8.18. The number of amides is 1. The van der Waals surface area contributed by atoms with Crippen LogP contribution >= 0.6 is 0 Å². The van der Waals surface area contributed by atoms with E-state index in [2.05, 4.69) is 25.4 Å². The number of nitrogens with zero attached hydrogens (tertiary/aromatic N) is 6. The summed E-state index contributed by atoms with van der Waals surface area (Å²) in [6.45, 7) is -0.459. The molecule has 13 heteroatoms. The average Bonchev–Trinajstić information content (AvgIpc) is 3.40. The average molecular weight is 390 g/mol. The van der Waals surface area contributed by atoms with E-state index >= 15 is 0 Å². The third kappa shape index (κ3) is 2.77. The van der Waals surface area contributed by atoms with Crippen molar-refractivity contribution in [2.45, 2.75) is 24.5 Å². The SMILES string of the molecule is CNC(=O)c1cnn(-c2nc(N)c3ncn([C@@H]4O[C@@H](CO)[C@H](O)[C@@H]4O)c3n2)c1. The van der Waals surface area contributed by atoms with Crippen molar-refractivity contribution in [2.24, 2.45) is 0 Å². The molecule has 1 amide bonds. The Hall–Kier alpha value is -3.13. The Morgan fingerprint density at radius 1 is 1.36 bits per heavy atom. The first-order valence-electron chi connectivity index (χ1n) is 8.34. The second-order valence-electron chi connectivity index (χ2n) is 6.21. The third-order valence-electron chi connectivity index (χ3n) is 4.50. The monoisotopic (exact) mass is 390 g/mol. The van der Waals surface area contributed by atoms with Crippen molar-refractivity contribution in [1.29, 1.82) is 0 Å². The number of aromatic nitrogens is 6. The number of aliphatic hydroxyl groups excluding tert-OH is 3. The number of ether oxygens (including phenoxy) is 1. The number of carbonyl (C=O) groups excluding carboxylic acids is 1. The molecule has 1 saturated heterocycles. The molecule has 0 saturated carbocycles. The highest BCUT2D eigenvalue weighted by molar-refractivity contribution is 5.93. The fourth-order valence-corrected chi connectivity index (χ4v) is 3.02. The number of nitrogens with two attached hydrogens (primary N) is 1. The Balaban J connectivity index is 1.77. The van der Waals surface area contributed by atoms with Crippen LogP contribution in [0.1, 0.15) is 16.6 Å². The van der Waals surface area contributed by atoms with Gasteiger partial charge in [0.1, 0.15) is 23.8 Å². The Morgan fingerprint density at radius 3 is 2.82 bits per heavy atom. The van der Waals surface area contributed by atoms with Gasteiger partial charge in [0.05, 0.1) is 24.7 Å². The first-order valence-corrected chi connectivity index (χ1v) is 8.34. The molecule has 4 atom stereocenters. The molecule has 0 aliphatic carbocycles. The molecule has 4 heterocycles. The van der Waals surface area contributed by atoms with Gasteiger partial charge in [0.2, 0.25) is 0 Å². The molecule has 1 aliphatic heterocycles. The number of aliphatic hydroxyl groups is 3. The minimum absolute atomic E-state index is 0.0579. The van der Waals surface area contributed by atoms with E-state index in [1.807, 2.05) is 0 Å². The summed E-state index contributed by atoms with van der Waals surface area (Å²) >= 11 is 0. The van der Waals surface area contributed by atoms with E-state index in [0.29, 0.717) is 5.56 Å². The number of anilines is 1. The first-order chi connectivity index (χ1) is 13.4. The smallest absolute Gasteiger partial charge is 0.254 e. The van der Waals surface area contributed by atoms with E-state index in [1.165, 1.54) is 35.0 Å². The molecule has 148 valence electrons. The number of hydrogen-bond donors (Lipinski definition) is 5.